The van der Waals surface area contributed by atoms with E-state index in [0.29, 0.717) is 17.6 Å². The van der Waals surface area contributed by atoms with Crippen molar-refractivity contribution in [3.63, 3.8) is 0 Å². The van der Waals surface area contributed by atoms with E-state index in [2.05, 4.69) is 10.3 Å². The Hall–Kier alpha value is -4.48. The van der Waals surface area contributed by atoms with E-state index in [-0.39, 0.29) is 54.8 Å². The molecule has 2 aliphatic heterocycles. The number of imide groups is 1. The minimum Gasteiger partial charge on any atom is -0.408 e. The summed E-state index contributed by atoms with van der Waals surface area (Å²) in [5.74, 6) is -2.99. The molecule has 0 radical (unpaired) electrons. The number of fused-ring (bicyclic) bond motifs is 1. The number of hydrogen-bond donors (Lipinski definition) is 2. The highest BCUT2D eigenvalue weighted by molar-refractivity contribution is 6.17. The zero-order valence-corrected chi connectivity index (χ0v) is 23.3. The molecule has 2 aromatic carbocycles. The summed E-state index contributed by atoms with van der Waals surface area (Å²) in [6.07, 6.45) is 0.951. The van der Waals surface area contributed by atoms with Crippen molar-refractivity contribution in [2.45, 2.75) is 51.6 Å². The number of carbonyl (C=O) groups is 4. The van der Waals surface area contributed by atoms with Crippen molar-refractivity contribution in [1.82, 2.24) is 20.1 Å². The van der Waals surface area contributed by atoms with Crippen LogP contribution in [0.25, 0.3) is 11.1 Å². The summed E-state index contributed by atoms with van der Waals surface area (Å²) in [4.78, 5) is 71.5. The van der Waals surface area contributed by atoms with E-state index in [1.165, 1.54) is 30.1 Å². The Balaban J connectivity index is 1.36. The number of likely N-dealkylation sites (tertiary alicyclic amines) is 1. The summed E-state index contributed by atoms with van der Waals surface area (Å²) in [5, 5.41) is 2.71. The SMILES string of the molecule is CCc1ccc(F)c(C(=O)N[C@@H](C(=O)N2CCC3(CC2)C(=O)N(C)C(=O)N3c2ccc3[nH]c(=O)oc3c2)C(C)C)c1. The number of piperidine rings is 1. The van der Waals surface area contributed by atoms with E-state index in [4.69, 9.17) is 4.42 Å². The van der Waals surface area contributed by atoms with Crippen LogP contribution in [0.5, 0.6) is 0 Å². The van der Waals surface area contributed by atoms with Crippen molar-refractivity contribution in [3.8, 4) is 0 Å². The van der Waals surface area contributed by atoms with Crippen molar-refractivity contribution < 1.29 is 28.0 Å². The molecular formula is C29H32FN5O6. The van der Waals surface area contributed by atoms with Crippen LogP contribution in [0.4, 0.5) is 14.9 Å². The van der Waals surface area contributed by atoms with Gasteiger partial charge in [-0.3, -0.25) is 29.2 Å². The molecule has 1 spiro atoms. The second-order valence-electron chi connectivity index (χ2n) is 10.9. The van der Waals surface area contributed by atoms with Crippen LogP contribution in [0, 0.1) is 11.7 Å². The lowest BCUT2D eigenvalue weighted by Gasteiger charge is -2.43. The average molecular weight is 566 g/mol. The third-order valence-corrected chi connectivity index (χ3v) is 8.08. The molecule has 1 atom stereocenters. The van der Waals surface area contributed by atoms with Gasteiger partial charge in [-0.1, -0.05) is 26.8 Å². The number of carbonyl (C=O) groups excluding carboxylic acids is 4. The molecule has 11 nitrogen and oxygen atoms in total. The smallest absolute Gasteiger partial charge is 0.408 e. The van der Waals surface area contributed by atoms with E-state index in [9.17, 15) is 28.4 Å². The van der Waals surface area contributed by atoms with Crippen molar-refractivity contribution in [2.75, 3.05) is 25.0 Å². The van der Waals surface area contributed by atoms with Gasteiger partial charge in [0, 0.05) is 26.2 Å². The molecular weight excluding hydrogens is 533 g/mol. The summed E-state index contributed by atoms with van der Waals surface area (Å²) in [7, 11) is 1.41. The highest BCUT2D eigenvalue weighted by atomic mass is 19.1. The van der Waals surface area contributed by atoms with Gasteiger partial charge in [-0.05, 0) is 55.0 Å². The molecule has 3 aromatic rings. The molecule has 5 rings (SSSR count). The Kier molecular flexibility index (Phi) is 7.18. The quantitative estimate of drug-likeness (QED) is 0.441. The monoisotopic (exact) mass is 565 g/mol. The van der Waals surface area contributed by atoms with Crippen LogP contribution in [0.15, 0.2) is 45.6 Å². The van der Waals surface area contributed by atoms with Crippen LogP contribution in [-0.4, -0.2) is 70.3 Å². The zero-order chi connectivity index (χ0) is 29.6. The number of amides is 5. The summed E-state index contributed by atoms with van der Waals surface area (Å²) in [6, 6.07) is 7.68. The number of aryl methyl sites for hydroxylation is 1. The number of urea groups is 1. The van der Waals surface area contributed by atoms with Crippen molar-refractivity contribution in [3.05, 3.63) is 63.9 Å². The Morgan fingerprint density at radius 3 is 2.46 bits per heavy atom. The Bertz CT molecular complexity index is 1600. The maximum atomic E-state index is 14.4. The molecule has 1 aromatic heterocycles. The second-order valence-corrected chi connectivity index (χ2v) is 10.9. The van der Waals surface area contributed by atoms with Crippen molar-refractivity contribution >= 4 is 40.5 Å². The normalized spacial score (nSPS) is 17.7. The minimum atomic E-state index is -1.23. The summed E-state index contributed by atoms with van der Waals surface area (Å²) < 4.78 is 19.6. The minimum absolute atomic E-state index is 0.121. The van der Waals surface area contributed by atoms with Gasteiger partial charge in [-0.2, -0.15) is 0 Å². The summed E-state index contributed by atoms with van der Waals surface area (Å²) in [6.45, 7) is 5.79. The van der Waals surface area contributed by atoms with Gasteiger partial charge in [0.05, 0.1) is 16.8 Å². The highest BCUT2D eigenvalue weighted by Crippen LogP contribution is 2.41. The molecule has 216 valence electrons. The number of rotatable bonds is 6. The molecule has 2 fully saturated rings. The molecule has 12 heteroatoms. The lowest BCUT2D eigenvalue weighted by atomic mass is 9.85. The van der Waals surface area contributed by atoms with Crippen LogP contribution >= 0.6 is 0 Å². The largest absolute Gasteiger partial charge is 0.417 e. The maximum Gasteiger partial charge on any atom is 0.417 e. The van der Waals surface area contributed by atoms with Gasteiger partial charge in [0.1, 0.15) is 17.4 Å². The number of nitrogens with zero attached hydrogens (tertiary/aromatic N) is 3. The Morgan fingerprint density at radius 2 is 1.80 bits per heavy atom. The van der Waals surface area contributed by atoms with E-state index in [1.54, 1.807) is 36.9 Å². The lowest BCUT2D eigenvalue weighted by molar-refractivity contribution is -0.139. The molecule has 41 heavy (non-hydrogen) atoms. The number of anilines is 1. The summed E-state index contributed by atoms with van der Waals surface area (Å²) >= 11 is 0. The van der Waals surface area contributed by atoms with Gasteiger partial charge in [-0.25, -0.2) is 14.0 Å². The number of likely N-dealkylation sites (N-methyl/N-ethyl adjacent to an activating group) is 1. The van der Waals surface area contributed by atoms with Gasteiger partial charge in [-0.15, -0.1) is 0 Å². The summed E-state index contributed by atoms with van der Waals surface area (Å²) in [5.41, 5.74) is 0.556. The maximum absolute atomic E-state index is 14.4. The molecule has 0 saturated carbocycles. The Morgan fingerprint density at radius 1 is 1.10 bits per heavy atom. The molecule has 0 aliphatic carbocycles. The molecule has 2 saturated heterocycles. The third-order valence-electron chi connectivity index (χ3n) is 8.08. The first-order chi connectivity index (χ1) is 19.5. The first-order valence-corrected chi connectivity index (χ1v) is 13.6. The molecule has 5 amide bonds. The highest BCUT2D eigenvalue weighted by Gasteiger charge is 2.58. The van der Waals surface area contributed by atoms with Crippen molar-refractivity contribution in [2.24, 2.45) is 5.92 Å². The van der Waals surface area contributed by atoms with Crippen LogP contribution in [0.2, 0.25) is 0 Å². The van der Waals surface area contributed by atoms with Crippen LogP contribution in [0.3, 0.4) is 0 Å². The van der Waals surface area contributed by atoms with Gasteiger partial charge in [0.15, 0.2) is 5.58 Å². The predicted octanol–water partition coefficient (Wildman–Crippen LogP) is 3.04. The van der Waals surface area contributed by atoms with E-state index in [1.807, 2.05) is 6.92 Å². The second kappa shape index (κ2) is 10.5. The standard InChI is InChI=1S/C29H32FN5O6/c1-5-17-6-8-20(30)19(14-17)24(36)32-23(16(2)3)25(37)34-12-10-29(11-13-34)26(38)33(4)28(40)35(29)18-7-9-21-22(15-18)41-27(39)31-21/h6-9,14-16,23H,5,10-13H2,1-4H3,(H,31,39)(H,32,36)/t23-/m1/s1. The number of hydrogen-bond acceptors (Lipinski definition) is 6. The lowest BCUT2D eigenvalue weighted by Crippen LogP contribution is -2.60. The van der Waals surface area contributed by atoms with Gasteiger partial charge < -0.3 is 14.6 Å². The first-order valence-electron chi connectivity index (χ1n) is 13.6. The zero-order valence-electron chi connectivity index (χ0n) is 23.3. The third kappa shape index (κ3) is 4.76. The van der Waals surface area contributed by atoms with E-state index < -0.39 is 35.1 Å². The number of aromatic nitrogens is 1. The van der Waals surface area contributed by atoms with Crippen LogP contribution < -0.4 is 16.0 Å². The number of nitrogens with one attached hydrogen (secondary N) is 2. The fourth-order valence-corrected chi connectivity index (χ4v) is 5.69. The Labute approximate surface area is 235 Å². The first kappa shape index (κ1) is 28.1. The van der Waals surface area contributed by atoms with E-state index in [0.717, 1.165) is 10.5 Å². The fraction of sp³-hybridized carbons (Fsp3) is 0.414. The molecule has 3 heterocycles. The predicted molar refractivity (Wildman–Crippen MR) is 148 cm³/mol. The molecule has 0 unspecified atom stereocenters. The average Bonchev–Trinajstić information content (AvgIpc) is 3.41. The number of benzene rings is 2. The fourth-order valence-electron chi connectivity index (χ4n) is 5.69. The van der Waals surface area contributed by atoms with Gasteiger partial charge in [0.2, 0.25) is 5.91 Å². The number of aromatic amines is 1. The van der Waals surface area contributed by atoms with Crippen molar-refractivity contribution in [1.29, 1.82) is 0 Å². The van der Waals surface area contributed by atoms with Gasteiger partial charge >= 0.3 is 11.8 Å². The van der Waals surface area contributed by atoms with Gasteiger partial charge in [0.25, 0.3) is 11.8 Å². The molecule has 0 bridgehead atoms. The number of H-pyrrole nitrogens is 1. The van der Waals surface area contributed by atoms with E-state index >= 15 is 0 Å². The molecule has 2 N–H and O–H groups in total. The number of oxazole rings is 1. The van der Waals surface area contributed by atoms with Crippen LogP contribution in [-0.2, 0) is 16.0 Å². The molecule has 2 aliphatic rings. The number of halogens is 1. The topological polar surface area (TPSA) is 136 Å². The van der Waals surface area contributed by atoms with Crippen LogP contribution in [0.1, 0.15) is 49.5 Å².